The number of methoxy groups -OCH3 is 3. The van der Waals surface area contributed by atoms with Gasteiger partial charge in [-0.05, 0) is 18.4 Å². The molecule has 0 radical (unpaired) electrons. The second kappa shape index (κ2) is 7.46. The summed E-state index contributed by atoms with van der Waals surface area (Å²) >= 11 is 1.20. The van der Waals surface area contributed by atoms with E-state index >= 15 is 0 Å². The molecule has 106 valence electrons. The van der Waals surface area contributed by atoms with E-state index in [1.54, 1.807) is 24.5 Å². The topological polar surface area (TPSA) is 75.3 Å². The smallest absolute Gasteiger partial charge is 0.164 e. The van der Waals surface area contributed by atoms with Crippen molar-refractivity contribution in [1.82, 2.24) is 0 Å². The van der Waals surface area contributed by atoms with Crippen molar-refractivity contribution in [2.75, 3.05) is 27.6 Å². The molecule has 1 rings (SSSR count). The summed E-state index contributed by atoms with van der Waals surface area (Å²) < 4.78 is 15.7. The molecule has 0 fully saturated rings. The lowest BCUT2D eigenvalue weighted by Crippen LogP contribution is -1.97. The normalized spacial score (nSPS) is 10.7. The molecule has 20 heavy (non-hydrogen) atoms. The number of rotatable bonds is 5. The van der Waals surface area contributed by atoms with Crippen molar-refractivity contribution < 1.29 is 14.2 Å². The van der Waals surface area contributed by atoms with Crippen LogP contribution in [-0.2, 0) is 0 Å². The molecular weight excluding hydrogens is 276 g/mol. The zero-order chi connectivity index (χ0) is 15.1. The molecule has 0 spiro atoms. The van der Waals surface area contributed by atoms with Crippen molar-refractivity contribution in [1.29, 1.82) is 10.7 Å². The Kier molecular flexibility index (Phi) is 5.94. The summed E-state index contributed by atoms with van der Waals surface area (Å²) in [6.45, 7) is 0. The zero-order valence-corrected chi connectivity index (χ0v) is 12.6. The summed E-state index contributed by atoms with van der Waals surface area (Å²) in [5.74, 6) is 1.62. The van der Waals surface area contributed by atoms with Gasteiger partial charge in [0, 0.05) is 11.6 Å². The Hall–Kier alpha value is -2.13. The first-order valence-corrected chi connectivity index (χ1v) is 6.88. The molecule has 0 amide bonds. The fourth-order valence-corrected chi connectivity index (χ4v) is 1.90. The summed E-state index contributed by atoms with van der Waals surface area (Å²) in [4.78, 5) is 0. The third kappa shape index (κ3) is 3.45. The number of nitriles is 1. The van der Waals surface area contributed by atoms with E-state index < -0.39 is 0 Å². The Balaban J connectivity index is 3.40. The summed E-state index contributed by atoms with van der Waals surface area (Å²) in [6, 6.07) is 5.40. The van der Waals surface area contributed by atoms with Gasteiger partial charge in [-0.2, -0.15) is 5.26 Å². The lowest BCUT2D eigenvalue weighted by Gasteiger charge is -2.12. The highest BCUT2D eigenvalue weighted by Gasteiger charge is 2.12. The molecule has 0 bridgehead atoms. The van der Waals surface area contributed by atoms with Crippen LogP contribution in [0.15, 0.2) is 17.7 Å². The van der Waals surface area contributed by atoms with Crippen LogP contribution in [0.1, 0.15) is 5.56 Å². The highest BCUT2D eigenvalue weighted by Crippen LogP contribution is 2.35. The van der Waals surface area contributed by atoms with Gasteiger partial charge >= 0.3 is 0 Å². The van der Waals surface area contributed by atoms with E-state index in [1.165, 1.54) is 33.1 Å². The minimum Gasteiger partial charge on any atom is -0.496 e. The van der Waals surface area contributed by atoms with Crippen LogP contribution in [-0.4, -0.2) is 32.6 Å². The maximum absolute atomic E-state index is 9.11. The van der Waals surface area contributed by atoms with Gasteiger partial charge < -0.3 is 14.2 Å². The Labute approximate surface area is 122 Å². The predicted octanol–water partition coefficient (Wildman–Crippen LogP) is 2.96. The number of nitrogens with zero attached hydrogens (tertiary/aromatic N) is 1. The second-order valence-electron chi connectivity index (χ2n) is 3.65. The van der Waals surface area contributed by atoms with Crippen LogP contribution < -0.4 is 14.2 Å². The molecule has 0 saturated carbocycles. The third-order valence-electron chi connectivity index (χ3n) is 2.60. The maximum Gasteiger partial charge on any atom is 0.164 e. The van der Waals surface area contributed by atoms with Gasteiger partial charge in [-0.15, -0.1) is 11.8 Å². The number of thioether (sulfide) groups is 1. The lowest BCUT2D eigenvalue weighted by molar-refractivity contribution is 0.348. The highest BCUT2D eigenvalue weighted by atomic mass is 32.2. The van der Waals surface area contributed by atoms with E-state index in [2.05, 4.69) is 0 Å². The molecule has 0 atom stereocenters. The van der Waals surface area contributed by atoms with Crippen LogP contribution in [0.5, 0.6) is 17.2 Å². The number of ether oxygens (including phenoxy) is 3. The van der Waals surface area contributed by atoms with Gasteiger partial charge in [0.15, 0.2) is 11.5 Å². The fraction of sp³-hybridized carbons (Fsp3) is 0.286. The van der Waals surface area contributed by atoms with E-state index in [1.807, 2.05) is 6.07 Å². The quantitative estimate of drug-likeness (QED) is 0.513. The molecule has 6 heteroatoms. The van der Waals surface area contributed by atoms with E-state index in [0.717, 1.165) is 0 Å². The van der Waals surface area contributed by atoms with Crippen LogP contribution in [0, 0.1) is 16.7 Å². The van der Waals surface area contributed by atoms with E-state index in [-0.39, 0.29) is 10.6 Å². The maximum atomic E-state index is 9.11. The number of benzene rings is 1. The van der Waals surface area contributed by atoms with Gasteiger partial charge in [-0.3, -0.25) is 5.41 Å². The van der Waals surface area contributed by atoms with Gasteiger partial charge in [-0.25, -0.2) is 0 Å². The molecule has 0 saturated heterocycles. The van der Waals surface area contributed by atoms with E-state index in [0.29, 0.717) is 22.8 Å². The van der Waals surface area contributed by atoms with Crippen molar-refractivity contribution >= 4 is 22.9 Å². The van der Waals surface area contributed by atoms with Crippen molar-refractivity contribution in [3.63, 3.8) is 0 Å². The standard InChI is InChI=1S/C14H16N2O3S/c1-17-11-7-13(19-3)12(18-2)6-9(11)5-10(8-15)14(16)20-4/h5-7,16H,1-4H3/b10-5+,16-14?. The van der Waals surface area contributed by atoms with Gasteiger partial charge in [-0.1, -0.05) is 0 Å². The molecule has 0 heterocycles. The van der Waals surface area contributed by atoms with Gasteiger partial charge in [0.05, 0.1) is 26.9 Å². The molecule has 0 aliphatic carbocycles. The fourth-order valence-electron chi connectivity index (χ4n) is 1.58. The molecule has 1 aromatic carbocycles. The Bertz CT molecular complexity index is 577. The van der Waals surface area contributed by atoms with Gasteiger partial charge in [0.25, 0.3) is 0 Å². The molecule has 0 aliphatic heterocycles. The first-order chi connectivity index (χ1) is 9.60. The van der Waals surface area contributed by atoms with Crippen LogP contribution in [0.3, 0.4) is 0 Å². The molecule has 5 nitrogen and oxygen atoms in total. The predicted molar refractivity (Wildman–Crippen MR) is 80.9 cm³/mol. The summed E-state index contributed by atoms with van der Waals surface area (Å²) in [6.07, 6.45) is 3.35. The average Bonchev–Trinajstić information content (AvgIpc) is 2.50. The van der Waals surface area contributed by atoms with Crippen LogP contribution in [0.4, 0.5) is 0 Å². The first kappa shape index (κ1) is 15.9. The minimum absolute atomic E-state index is 0.198. The largest absolute Gasteiger partial charge is 0.496 e. The van der Waals surface area contributed by atoms with E-state index in [4.69, 9.17) is 24.9 Å². The number of nitrogens with one attached hydrogen (secondary N) is 1. The van der Waals surface area contributed by atoms with Crippen molar-refractivity contribution in [3.05, 3.63) is 23.3 Å². The number of hydrogen-bond donors (Lipinski definition) is 1. The van der Waals surface area contributed by atoms with Gasteiger partial charge in [0.1, 0.15) is 16.9 Å². The highest BCUT2D eigenvalue weighted by molar-refractivity contribution is 8.13. The minimum atomic E-state index is 0.198. The number of hydrogen-bond acceptors (Lipinski definition) is 6. The summed E-state index contributed by atoms with van der Waals surface area (Å²) in [5, 5.41) is 17.0. The summed E-state index contributed by atoms with van der Waals surface area (Å²) in [7, 11) is 4.61. The van der Waals surface area contributed by atoms with Crippen molar-refractivity contribution in [2.24, 2.45) is 0 Å². The molecule has 0 unspecified atom stereocenters. The Morgan fingerprint density at radius 2 is 1.70 bits per heavy atom. The molecule has 0 aliphatic rings. The van der Waals surface area contributed by atoms with E-state index in [9.17, 15) is 0 Å². The second-order valence-corrected chi connectivity index (χ2v) is 4.47. The molecular formula is C14H16N2O3S. The van der Waals surface area contributed by atoms with Gasteiger partial charge in [0.2, 0.25) is 0 Å². The Morgan fingerprint density at radius 1 is 1.15 bits per heavy atom. The molecule has 1 N–H and O–H groups in total. The molecule has 0 aromatic heterocycles. The zero-order valence-electron chi connectivity index (χ0n) is 11.8. The average molecular weight is 292 g/mol. The van der Waals surface area contributed by atoms with Crippen molar-refractivity contribution in [3.8, 4) is 23.3 Å². The third-order valence-corrected chi connectivity index (χ3v) is 3.23. The summed E-state index contributed by atoms with van der Waals surface area (Å²) in [5.41, 5.74) is 0.920. The lowest BCUT2D eigenvalue weighted by atomic mass is 10.1. The molecule has 1 aromatic rings. The van der Waals surface area contributed by atoms with Crippen molar-refractivity contribution in [2.45, 2.75) is 0 Å². The van der Waals surface area contributed by atoms with Crippen LogP contribution >= 0.6 is 11.8 Å². The SMILES string of the molecule is COc1cc(OC)c(OC)cc1/C=C(\C#N)C(=N)SC. The monoisotopic (exact) mass is 292 g/mol. The first-order valence-electron chi connectivity index (χ1n) is 5.66. The van der Waals surface area contributed by atoms with Crippen LogP contribution in [0.25, 0.3) is 6.08 Å². The Morgan fingerprint density at radius 3 is 2.15 bits per heavy atom. The van der Waals surface area contributed by atoms with Crippen LogP contribution in [0.2, 0.25) is 0 Å².